The zero-order valence-corrected chi connectivity index (χ0v) is 10.3. The molecule has 1 saturated carbocycles. The normalized spacial score (nSPS) is 28.8. The lowest BCUT2D eigenvalue weighted by atomic mass is 9.58. The summed E-state index contributed by atoms with van der Waals surface area (Å²) in [7, 11) is 0. The molecule has 1 fully saturated rings. The Hall–Kier alpha value is -0.120. The number of aliphatic hydroxyl groups excluding tert-OH is 1. The summed E-state index contributed by atoms with van der Waals surface area (Å²) >= 11 is 0. The van der Waals surface area contributed by atoms with Crippen LogP contribution in [0.15, 0.2) is 0 Å². The van der Waals surface area contributed by atoms with Crippen molar-refractivity contribution in [3.05, 3.63) is 0 Å². The second-order valence-corrected chi connectivity index (χ2v) is 4.35. The molecule has 0 aromatic rings. The number of hydrogen-bond donors (Lipinski definition) is 2. The molecule has 0 saturated heterocycles. The van der Waals surface area contributed by atoms with Gasteiger partial charge in [-0.25, -0.2) is 0 Å². The lowest BCUT2D eigenvalue weighted by Crippen LogP contribution is -2.63. The van der Waals surface area contributed by atoms with Crippen LogP contribution in [-0.4, -0.2) is 37.0 Å². The third-order valence-corrected chi connectivity index (χ3v) is 3.97. The number of aliphatic hydroxyl groups is 1. The summed E-state index contributed by atoms with van der Waals surface area (Å²) in [6.07, 6.45) is 3.80. The van der Waals surface area contributed by atoms with Crippen LogP contribution in [0, 0.1) is 5.41 Å². The van der Waals surface area contributed by atoms with Crippen LogP contribution >= 0.6 is 0 Å². The molecule has 0 aromatic carbocycles. The first-order valence-electron chi connectivity index (χ1n) is 6.21. The molecule has 3 heteroatoms. The fourth-order valence-electron chi connectivity index (χ4n) is 2.91. The molecular formula is C12H25NO2. The monoisotopic (exact) mass is 215 g/mol. The van der Waals surface area contributed by atoms with E-state index in [4.69, 9.17) is 9.84 Å². The van der Waals surface area contributed by atoms with Crippen LogP contribution in [0.2, 0.25) is 0 Å². The number of rotatable bonds is 7. The maximum atomic E-state index is 8.83. The highest BCUT2D eigenvalue weighted by Gasteiger charge is 2.52. The molecule has 1 aliphatic carbocycles. The number of nitrogens with one attached hydrogen (secondary N) is 1. The predicted molar refractivity (Wildman–Crippen MR) is 61.9 cm³/mol. The van der Waals surface area contributed by atoms with Gasteiger partial charge in [0.15, 0.2) is 0 Å². The maximum absolute atomic E-state index is 8.83. The Morgan fingerprint density at radius 3 is 2.47 bits per heavy atom. The molecule has 0 aliphatic heterocycles. The Bertz CT molecular complexity index is 180. The molecule has 0 spiro atoms. The molecule has 1 aliphatic rings. The third-order valence-electron chi connectivity index (χ3n) is 3.97. The topological polar surface area (TPSA) is 41.5 Å². The minimum Gasteiger partial charge on any atom is -0.395 e. The van der Waals surface area contributed by atoms with Crippen LogP contribution in [0.3, 0.4) is 0 Å². The lowest BCUT2D eigenvalue weighted by molar-refractivity contribution is -0.138. The molecule has 0 amide bonds. The van der Waals surface area contributed by atoms with E-state index in [1.165, 1.54) is 0 Å². The SMILES string of the molecule is CCOC1CC(NCCO)C1(CC)CC. The van der Waals surface area contributed by atoms with Crippen LogP contribution in [0.5, 0.6) is 0 Å². The largest absolute Gasteiger partial charge is 0.395 e. The summed E-state index contributed by atoms with van der Waals surface area (Å²) in [5.41, 5.74) is 0.297. The van der Waals surface area contributed by atoms with Gasteiger partial charge in [0.25, 0.3) is 0 Å². The molecule has 90 valence electrons. The molecular weight excluding hydrogens is 190 g/mol. The van der Waals surface area contributed by atoms with E-state index in [2.05, 4.69) is 26.1 Å². The average molecular weight is 215 g/mol. The highest BCUT2D eigenvalue weighted by molar-refractivity contribution is 5.06. The Balaban J connectivity index is 2.53. The first-order chi connectivity index (χ1) is 7.25. The second-order valence-electron chi connectivity index (χ2n) is 4.35. The standard InChI is InChI=1S/C12H25NO2/c1-4-12(5-2)10(13-7-8-14)9-11(12)15-6-3/h10-11,13-14H,4-9H2,1-3H3. The minimum atomic E-state index is 0.222. The van der Waals surface area contributed by atoms with Crippen molar-refractivity contribution in [1.29, 1.82) is 0 Å². The van der Waals surface area contributed by atoms with Crippen molar-refractivity contribution in [2.75, 3.05) is 19.8 Å². The van der Waals surface area contributed by atoms with Crippen molar-refractivity contribution in [2.45, 2.75) is 52.2 Å². The van der Waals surface area contributed by atoms with Crippen molar-refractivity contribution in [2.24, 2.45) is 5.41 Å². The third kappa shape index (κ3) is 2.35. The quantitative estimate of drug-likeness (QED) is 0.677. The van der Waals surface area contributed by atoms with Gasteiger partial charge in [-0.15, -0.1) is 0 Å². The van der Waals surface area contributed by atoms with Crippen LogP contribution in [-0.2, 0) is 4.74 Å². The summed E-state index contributed by atoms with van der Waals surface area (Å²) in [5, 5.41) is 12.2. The maximum Gasteiger partial charge on any atom is 0.0660 e. The van der Waals surface area contributed by atoms with Crippen molar-refractivity contribution >= 4 is 0 Å². The molecule has 1 rings (SSSR count). The molecule has 0 bridgehead atoms. The van der Waals surface area contributed by atoms with Crippen LogP contribution < -0.4 is 5.32 Å². The highest BCUT2D eigenvalue weighted by Crippen LogP contribution is 2.48. The summed E-state index contributed by atoms with van der Waals surface area (Å²) < 4.78 is 5.78. The average Bonchev–Trinajstić information content (AvgIpc) is 2.24. The first kappa shape index (κ1) is 12.9. The predicted octanol–water partition coefficient (Wildman–Crippen LogP) is 1.55. The molecule has 2 unspecified atom stereocenters. The molecule has 3 nitrogen and oxygen atoms in total. The van der Waals surface area contributed by atoms with Crippen molar-refractivity contribution in [3.8, 4) is 0 Å². The smallest absolute Gasteiger partial charge is 0.0660 e. The van der Waals surface area contributed by atoms with Crippen LogP contribution in [0.4, 0.5) is 0 Å². The van der Waals surface area contributed by atoms with Gasteiger partial charge in [-0.05, 0) is 26.2 Å². The number of ether oxygens (including phenoxy) is 1. The summed E-state index contributed by atoms with van der Waals surface area (Å²) in [5.74, 6) is 0. The fraction of sp³-hybridized carbons (Fsp3) is 1.00. The molecule has 0 aromatic heterocycles. The minimum absolute atomic E-state index is 0.222. The van der Waals surface area contributed by atoms with E-state index in [1.807, 2.05) is 0 Å². The second kappa shape index (κ2) is 5.83. The molecule has 2 atom stereocenters. The zero-order valence-electron chi connectivity index (χ0n) is 10.3. The Labute approximate surface area is 93.2 Å². The van der Waals surface area contributed by atoms with Gasteiger partial charge in [0, 0.05) is 24.6 Å². The van der Waals surface area contributed by atoms with Gasteiger partial charge in [-0.1, -0.05) is 13.8 Å². The van der Waals surface area contributed by atoms with E-state index >= 15 is 0 Å². The molecule has 15 heavy (non-hydrogen) atoms. The van der Waals surface area contributed by atoms with Gasteiger partial charge in [0.1, 0.15) is 0 Å². The highest BCUT2D eigenvalue weighted by atomic mass is 16.5. The Morgan fingerprint density at radius 1 is 1.33 bits per heavy atom. The van der Waals surface area contributed by atoms with Gasteiger partial charge < -0.3 is 15.2 Å². The van der Waals surface area contributed by atoms with Gasteiger partial charge >= 0.3 is 0 Å². The van der Waals surface area contributed by atoms with E-state index < -0.39 is 0 Å². The summed E-state index contributed by atoms with van der Waals surface area (Å²) in [4.78, 5) is 0. The van der Waals surface area contributed by atoms with E-state index in [1.54, 1.807) is 0 Å². The van der Waals surface area contributed by atoms with Gasteiger partial charge in [0.2, 0.25) is 0 Å². The van der Waals surface area contributed by atoms with Crippen LogP contribution in [0.1, 0.15) is 40.0 Å². The molecule has 0 radical (unpaired) electrons. The zero-order chi connectivity index (χ0) is 11.3. The first-order valence-corrected chi connectivity index (χ1v) is 6.21. The van der Waals surface area contributed by atoms with E-state index in [0.717, 1.165) is 25.9 Å². The molecule has 0 heterocycles. The van der Waals surface area contributed by atoms with Crippen molar-refractivity contribution in [3.63, 3.8) is 0 Å². The van der Waals surface area contributed by atoms with Gasteiger partial charge in [-0.3, -0.25) is 0 Å². The van der Waals surface area contributed by atoms with E-state index in [0.29, 0.717) is 24.1 Å². The van der Waals surface area contributed by atoms with Crippen molar-refractivity contribution in [1.82, 2.24) is 5.32 Å². The van der Waals surface area contributed by atoms with Gasteiger partial charge in [-0.2, -0.15) is 0 Å². The summed E-state index contributed by atoms with van der Waals surface area (Å²) in [6.45, 7) is 8.26. The van der Waals surface area contributed by atoms with Gasteiger partial charge in [0.05, 0.1) is 12.7 Å². The van der Waals surface area contributed by atoms with Crippen LogP contribution in [0.25, 0.3) is 0 Å². The Kier molecular flexibility index (Phi) is 5.03. The number of hydrogen-bond acceptors (Lipinski definition) is 3. The van der Waals surface area contributed by atoms with E-state index in [-0.39, 0.29) is 6.61 Å². The summed E-state index contributed by atoms with van der Waals surface area (Å²) in [6, 6.07) is 0.524. The molecule has 2 N–H and O–H groups in total. The van der Waals surface area contributed by atoms with Crippen molar-refractivity contribution < 1.29 is 9.84 Å². The fourth-order valence-corrected chi connectivity index (χ4v) is 2.91. The lowest BCUT2D eigenvalue weighted by Gasteiger charge is -2.55. The Morgan fingerprint density at radius 2 is 2.00 bits per heavy atom. The van der Waals surface area contributed by atoms with E-state index in [9.17, 15) is 0 Å².